The number of fused-ring (bicyclic) bond motifs is 1. The number of alkyl halides is 1. The predicted molar refractivity (Wildman–Crippen MR) is 72.2 cm³/mol. The number of ether oxygens (including phenoxy) is 1. The van der Waals surface area contributed by atoms with Crippen LogP contribution < -0.4 is 4.74 Å². The highest BCUT2D eigenvalue weighted by atomic mass is 35.5. The van der Waals surface area contributed by atoms with Crippen LogP contribution in [0.2, 0.25) is 5.02 Å². The summed E-state index contributed by atoms with van der Waals surface area (Å²) in [5.41, 5.74) is 0.311. The Kier molecular flexibility index (Phi) is 3.44. The topological polar surface area (TPSA) is 22.1 Å². The second-order valence-corrected chi connectivity index (χ2v) is 5.33. The van der Waals surface area contributed by atoms with E-state index in [1.165, 1.54) is 13.8 Å². The van der Waals surface area contributed by atoms with E-state index in [1.54, 1.807) is 12.1 Å². The Balaban J connectivity index is 2.39. The lowest BCUT2D eigenvalue weighted by Crippen LogP contribution is -2.22. The van der Waals surface area contributed by atoms with Gasteiger partial charge >= 0.3 is 0 Å². The average Bonchev–Trinajstić information content (AvgIpc) is 2.27. The Morgan fingerprint density at radius 1 is 1.39 bits per heavy atom. The van der Waals surface area contributed by atoms with E-state index >= 15 is 0 Å². The molecule has 0 saturated heterocycles. The number of aryl methyl sites for hydroxylation is 1. The van der Waals surface area contributed by atoms with Gasteiger partial charge in [-0.3, -0.25) is 0 Å². The first kappa shape index (κ1) is 13.1. The first-order valence-electron chi connectivity index (χ1n) is 5.74. The summed E-state index contributed by atoms with van der Waals surface area (Å²) in [6, 6.07) is 7.40. The molecule has 2 nitrogen and oxygen atoms in total. The normalized spacial score (nSPS) is 11.8. The van der Waals surface area contributed by atoms with Crippen molar-refractivity contribution in [2.45, 2.75) is 26.4 Å². The zero-order chi connectivity index (χ0) is 13.3. The maximum absolute atomic E-state index is 13.4. The van der Waals surface area contributed by atoms with Crippen molar-refractivity contribution < 1.29 is 9.13 Å². The fourth-order valence-electron chi connectivity index (χ4n) is 1.67. The number of rotatable bonds is 3. The summed E-state index contributed by atoms with van der Waals surface area (Å²) in [5.74, 6) is 0.402. The van der Waals surface area contributed by atoms with Crippen molar-refractivity contribution in [2.24, 2.45) is 0 Å². The second-order valence-electron chi connectivity index (χ2n) is 4.92. The van der Waals surface area contributed by atoms with Gasteiger partial charge in [-0.15, -0.1) is 0 Å². The molecule has 18 heavy (non-hydrogen) atoms. The van der Waals surface area contributed by atoms with Crippen molar-refractivity contribution in [2.75, 3.05) is 6.61 Å². The highest BCUT2D eigenvalue weighted by Crippen LogP contribution is 2.27. The van der Waals surface area contributed by atoms with Gasteiger partial charge in [0.25, 0.3) is 0 Å². The number of para-hydroxylation sites is 1. The zero-order valence-corrected chi connectivity index (χ0v) is 11.4. The molecule has 96 valence electrons. The van der Waals surface area contributed by atoms with Crippen LogP contribution in [0, 0.1) is 6.92 Å². The minimum absolute atomic E-state index is 0.0323. The number of hydrogen-bond acceptors (Lipinski definition) is 2. The molecular formula is C14H15ClFNO. The van der Waals surface area contributed by atoms with Crippen LogP contribution in [0.1, 0.15) is 19.4 Å². The van der Waals surface area contributed by atoms with Gasteiger partial charge in [0.05, 0.1) is 10.5 Å². The molecule has 0 aliphatic heterocycles. The Bertz CT molecular complexity index is 578. The van der Waals surface area contributed by atoms with Gasteiger partial charge in [0, 0.05) is 11.5 Å². The lowest BCUT2D eigenvalue weighted by molar-refractivity contribution is 0.117. The van der Waals surface area contributed by atoms with Crippen LogP contribution in [-0.4, -0.2) is 17.3 Å². The van der Waals surface area contributed by atoms with Crippen molar-refractivity contribution in [1.29, 1.82) is 0 Å². The van der Waals surface area contributed by atoms with E-state index < -0.39 is 5.67 Å². The molecular weight excluding hydrogens is 253 g/mol. The quantitative estimate of drug-likeness (QED) is 0.826. The summed E-state index contributed by atoms with van der Waals surface area (Å²) in [4.78, 5) is 4.32. The lowest BCUT2D eigenvalue weighted by atomic mass is 10.1. The molecule has 2 rings (SSSR count). The maximum atomic E-state index is 13.4. The highest BCUT2D eigenvalue weighted by Gasteiger charge is 2.17. The summed E-state index contributed by atoms with van der Waals surface area (Å²) in [6.07, 6.45) is 0. The van der Waals surface area contributed by atoms with E-state index in [1.807, 2.05) is 19.1 Å². The van der Waals surface area contributed by atoms with Crippen molar-refractivity contribution in [3.8, 4) is 5.88 Å². The number of pyridine rings is 1. The first-order chi connectivity index (χ1) is 8.37. The second kappa shape index (κ2) is 4.73. The van der Waals surface area contributed by atoms with Crippen molar-refractivity contribution in [1.82, 2.24) is 4.98 Å². The van der Waals surface area contributed by atoms with Gasteiger partial charge < -0.3 is 4.74 Å². The minimum atomic E-state index is -1.38. The largest absolute Gasteiger partial charge is 0.474 e. The third-order valence-electron chi connectivity index (χ3n) is 2.54. The van der Waals surface area contributed by atoms with E-state index in [9.17, 15) is 4.39 Å². The van der Waals surface area contributed by atoms with Crippen LogP contribution >= 0.6 is 11.6 Å². The van der Waals surface area contributed by atoms with E-state index in [4.69, 9.17) is 16.3 Å². The van der Waals surface area contributed by atoms with Crippen molar-refractivity contribution >= 4 is 22.5 Å². The van der Waals surface area contributed by atoms with Gasteiger partial charge in [-0.25, -0.2) is 9.37 Å². The summed E-state index contributed by atoms with van der Waals surface area (Å²) in [5, 5.41) is 1.55. The Morgan fingerprint density at radius 3 is 2.78 bits per heavy atom. The number of aromatic nitrogens is 1. The molecule has 0 N–H and O–H groups in total. The molecule has 0 unspecified atom stereocenters. The third kappa shape index (κ3) is 2.91. The molecule has 1 aromatic heterocycles. The first-order valence-corrected chi connectivity index (χ1v) is 6.12. The molecule has 0 aliphatic rings. The number of hydrogen-bond donors (Lipinski definition) is 0. The number of halogens is 2. The summed E-state index contributed by atoms with van der Waals surface area (Å²) in [7, 11) is 0. The average molecular weight is 268 g/mol. The van der Waals surface area contributed by atoms with Gasteiger partial charge in [-0.05, 0) is 32.4 Å². The maximum Gasteiger partial charge on any atom is 0.214 e. The smallest absolute Gasteiger partial charge is 0.214 e. The molecule has 0 atom stereocenters. The molecule has 4 heteroatoms. The van der Waals surface area contributed by atoms with Gasteiger partial charge in [0.2, 0.25) is 5.88 Å². The molecule has 0 amide bonds. The molecule has 0 radical (unpaired) electrons. The van der Waals surface area contributed by atoms with Gasteiger partial charge in [0.1, 0.15) is 12.3 Å². The SMILES string of the molecule is Cc1cc(OCC(C)(C)F)nc2c(Cl)cccc12. The summed E-state index contributed by atoms with van der Waals surface area (Å²) < 4.78 is 18.8. The van der Waals surface area contributed by atoms with Gasteiger partial charge in [-0.1, -0.05) is 23.7 Å². The van der Waals surface area contributed by atoms with Crippen LogP contribution in [0.15, 0.2) is 24.3 Å². The standard InChI is InChI=1S/C14H15ClFNO/c1-9-7-12(18-8-14(2,3)16)17-13-10(9)5-4-6-11(13)15/h4-7H,8H2,1-3H3. The van der Waals surface area contributed by atoms with Crippen molar-refractivity contribution in [3.05, 3.63) is 34.9 Å². The molecule has 0 saturated carbocycles. The number of benzene rings is 1. The molecule has 2 aromatic rings. The Morgan fingerprint density at radius 2 is 2.11 bits per heavy atom. The van der Waals surface area contributed by atoms with E-state index in [0.717, 1.165) is 10.9 Å². The molecule has 0 spiro atoms. The summed E-state index contributed by atoms with van der Waals surface area (Å²) >= 11 is 6.10. The van der Waals surface area contributed by atoms with E-state index in [-0.39, 0.29) is 6.61 Å². The number of nitrogens with zero attached hydrogens (tertiary/aromatic N) is 1. The van der Waals surface area contributed by atoms with Crippen LogP contribution in [-0.2, 0) is 0 Å². The minimum Gasteiger partial charge on any atom is -0.474 e. The summed E-state index contributed by atoms with van der Waals surface area (Å²) in [6.45, 7) is 4.85. The molecule has 1 heterocycles. The Hall–Kier alpha value is -1.35. The Labute approximate surface area is 111 Å². The fraction of sp³-hybridized carbons (Fsp3) is 0.357. The highest BCUT2D eigenvalue weighted by molar-refractivity contribution is 6.35. The molecule has 0 fully saturated rings. The lowest BCUT2D eigenvalue weighted by Gasteiger charge is -2.15. The predicted octanol–water partition coefficient (Wildman–Crippen LogP) is 4.32. The third-order valence-corrected chi connectivity index (χ3v) is 2.84. The molecule has 0 bridgehead atoms. The fourth-order valence-corrected chi connectivity index (χ4v) is 1.89. The van der Waals surface area contributed by atoms with Crippen LogP contribution in [0.5, 0.6) is 5.88 Å². The van der Waals surface area contributed by atoms with Crippen molar-refractivity contribution in [3.63, 3.8) is 0 Å². The van der Waals surface area contributed by atoms with Crippen LogP contribution in [0.4, 0.5) is 4.39 Å². The zero-order valence-electron chi connectivity index (χ0n) is 10.6. The van der Waals surface area contributed by atoms with Gasteiger partial charge in [0.15, 0.2) is 0 Å². The van der Waals surface area contributed by atoms with E-state index in [0.29, 0.717) is 16.4 Å². The molecule has 0 aliphatic carbocycles. The molecule has 1 aromatic carbocycles. The van der Waals surface area contributed by atoms with Crippen LogP contribution in [0.25, 0.3) is 10.9 Å². The van der Waals surface area contributed by atoms with Crippen LogP contribution in [0.3, 0.4) is 0 Å². The monoisotopic (exact) mass is 267 g/mol. The van der Waals surface area contributed by atoms with Gasteiger partial charge in [-0.2, -0.15) is 0 Å². The van der Waals surface area contributed by atoms with E-state index in [2.05, 4.69) is 4.98 Å².